The predicted octanol–water partition coefficient (Wildman–Crippen LogP) is 2.63. The van der Waals surface area contributed by atoms with E-state index in [9.17, 15) is 9.90 Å². The molecule has 1 atom stereocenters. The van der Waals surface area contributed by atoms with Crippen LogP contribution in [-0.4, -0.2) is 49.2 Å². The van der Waals surface area contributed by atoms with Crippen molar-refractivity contribution in [2.24, 2.45) is 0 Å². The summed E-state index contributed by atoms with van der Waals surface area (Å²) >= 11 is 0. The van der Waals surface area contributed by atoms with E-state index in [1.54, 1.807) is 7.05 Å². The molecule has 3 rings (SSSR count). The summed E-state index contributed by atoms with van der Waals surface area (Å²) in [4.78, 5) is 12.7. The lowest BCUT2D eigenvalue weighted by Gasteiger charge is -2.42. The largest absolute Gasteiger partial charge is 0.465 e. The molecule has 0 spiro atoms. The van der Waals surface area contributed by atoms with Crippen LogP contribution in [0.5, 0.6) is 0 Å². The molecule has 1 N–H and O–H groups in total. The van der Waals surface area contributed by atoms with Crippen LogP contribution in [0, 0.1) is 0 Å². The van der Waals surface area contributed by atoms with Gasteiger partial charge in [0.05, 0.1) is 13.2 Å². The van der Waals surface area contributed by atoms with Crippen molar-refractivity contribution >= 4 is 6.09 Å². The minimum Gasteiger partial charge on any atom is -0.465 e. The molecule has 1 aliphatic heterocycles. The van der Waals surface area contributed by atoms with Gasteiger partial charge in [0.2, 0.25) is 0 Å². The van der Waals surface area contributed by atoms with Crippen LogP contribution in [0.2, 0.25) is 0 Å². The van der Waals surface area contributed by atoms with E-state index >= 15 is 0 Å². The van der Waals surface area contributed by atoms with Gasteiger partial charge in [0.1, 0.15) is 0 Å². The number of hydrogen-bond acceptors (Lipinski definition) is 3. The van der Waals surface area contributed by atoms with Crippen LogP contribution < -0.4 is 0 Å². The molecule has 0 saturated carbocycles. The smallest absolute Gasteiger partial charge is 0.407 e. The molecule has 0 aromatic heterocycles. The van der Waals surface area contributed by atoms with Crippen molar-refractivity contribution < 1.29 is 19.4 Å². The minimum atomic E-state index is -0.893. The van der Waals surface area contributed by atoms with Crippen molar-refractivity contribution in [3.8, 4) is 0 Å². The lowest BCUT2D eigenvalue weighted by atomic mass is 9.67. The second kappa shape index (κ2) is 6.26. The number of hydrogen-bond donors (Lipinski definition) is 1. The molecule has 5 heteroatoms. The Morgan fingerprint density at radius 1 is 1.36 bits per heavy atom. The number of aryl methyl sites for hydroxylation is 1. The van der Waals surface area contributed by atoms with E-state index in [2.05, 4.69) is 18.2 Å². The Kier molecular flexibility index (Phi) is 4.36. The Labute approximate surface area is 130 Å². The third-order valence-electron chi connectivity index (χ3n) is 4.80. The monoisotopic (exact) mass is 305 g/mol. The molecular formula is C17H23NO4. The van der Waals surface area contributed by atoms with Gasteiger partial charge in [0, 0.05) is 25.4 Å². The third kappa shape index (κ3) is 2.96. The maximum Gasteiger partial charge on any atom is 0.407 e. The highest BCUT2D eigenvalue weighted by Crippen LogP contribution is 2.42. The van der Waals surface area contributed by atoms with Crippen molar-refractivity contribution in [3.63, 3.8) is 0 Å². The standard InChI is InChI=1S/C17H23NO4/c1-18(16(19)20)12-17(11-15-21-9-10-22-15)8-4-6-13-5-2-3-7-14(13)17/h2-3,5,7,15H,4,6,8-12H2,1H3,(H,19,20). The number of fused-ring (bicyclic) bond motifs is 1. The quantitative estimate of drug-likeness (QED) is 0.929. The van der Waals surface area contributed by atoms with E-state index in [0.717, 1.165) is 19.3 Å². The molecule has 0 radical (unpaired) electrons. The first-order valence-corrected chi connectivity index (χ1v) is 7.86. The maximum atomic E-state index is 11.3. The van der Waals surface area contributed by atoms with Gasteiger partial charge in [-0.3, -0.25) is 0 Å². The Bertz CT molecular complexity index is 541. The number of nitrogens with zero attached hydrogens (tertiary/aromatic N) is 1. The van der Waals surface area contributed by atoms with E-state index in [1.165, 1.54) is 16.0 Å². The van der Waals surface area contributed by atoms with E-state index in [4.69, 9.17) is 9.47 Å². The highest BCUT2D eigenvalue weighted by atomic mass is 16.7. The molecule has 2 aliphatic rings. The van der Waals surface area contributed by atoms with Gasteiger partial charge in [-0.1, -0.05) is 24.3 Å². The summed E-state index contributed by atoms with van der Waals surface area (Å²) in [6, 6.07) is 8.38. The summed E-state index contributed by atoms with van der Waals surface area (Å²) < 4.78 is 11.3. The first-order chi connectivity index (χ1) is 10.6. The third-order valence-corrected chi connectivity index (χ3v) is 4.80. The molecule has 0 bridgehead atoms. The van der Waals surface area contributed by atoms with Crippen LogP contribution in [0.15, 0.2) is 24.3 Å². The average Bonchev–Trinajstić information content (AvgIpc) is 3.00. The Hall–Kier alpha value is -1.59. The molecule has 1 saturated heterocycles. The van der Waals surface area contributed by atoms with Crippen molar-refractivity contribution in [1.29, 1.82) is 0 Å². The van der Waals surface area contributed by atoms with E-state index in [0.29, 0.717) is 26.2 Å². The summed E-state index contributed by atoms with van der Waals surface area (Å²) in [5, 5.41) is 9.30. The number of benzene rings is 1. The molecule has 1 aliphatic carbocycles. The summed E-state index contributed by atoms with van der Waals surface area (Å²) in [6.07, 6.45) is 2.68. The zero-order valence-electron chi connectivity index (χ0n) is 13.0. The van der Waals surface area contributed by atoms with Crippen LogP contribution >= 0.6 is 0 Å². The van der Waals surface area contributed by atoms with Crippen molar-refractivity contribution in [3.05, 3.63) is 35.4 Å². The molecule has 1 fully saturated rings. The number of amides is 1. The molecule has 1 amide bonds. The van der Waals surface area contributed by atoms with Gasteiger partial charge in [-0.2, -0.15) is 0 Å². The second-order valence-electron chi connectivity index (χ2n) is 6.30. The summed E-state index contributed by atoms with van der Waals surface area (Å²) in [5.41, 5.74) is 2.36. The fourth-order valence-corrected chi connectivity index (χ4v) is 3.81. The van der Waals surface area contributed by atoms with Crippen molar-refractivity contribution in [2.75, 3.05) is 26.8 Å². The van der Waals surface area contributed by atoms with E-state index in [1.807, 2.05) is 6.07 Å². The zero-order chi connectivity index (χ0) is 15.6. The lowest BCUT2D eigenvalue weighted by molar-refractivity contribution is -0.0657. The molecule has 1 heterocycles. The van der Waals surface area contributed by atoms with Crippen LogP contribution in [0.25, 0.3) is 0 Å². The van der Waals surface area contributed by atoms with E-state index < -0.39 is 6.09 Å². The predicted molar refractivity (Wildman–Crippen MR) is 82.0 cm³/mol. The number of ether oxygens (including phenoxy) is 2. The number of rotatable bonds is 4. The van der Waals surface area contributed by atoms with Gasteiger partial charge >= 0.3 is 6.09 Å². The topological polar surface area (TPSA) is 59.0 Å². The number of likely N-dealkylation sites (N-methyl/N-ethyl adjacent to an activating group) is 1. The molecule has 1 aromatic rings. The Morgan fingerprint density at radius 3 is 2.82 bits per heavy atom. The fraction of sp³-hybridized carbons (Fsp3) is 0.588. The first kappa shape index (κ1) is 15.3. The van der Waals surface area contributed by atoms with Crippen LogP contribution in [0.3, 0.4) is 0 Å². The van der Waals surface area contributed by atoms with Crippen LogP contribution in [0.1, 0.15) is 30.4 Å². The summed E-state index contributed by atoms with van der Waals surface area (Å²) in [7, 11) is 1.64. The first-order valence-electron chi connectivity index (χ1n) is 7.86. The van der Waals surface area contributed by atoms with Crippen molar-refractivity contribution in [1.82, 2.24) is 4.90 Å². The van der Waals surface area contributed by atoms with Crippen LogP contribution in [0.4, 0.5) is 4.79 Å². The average molecular weight is 305 g/mol. The van der Waals surface area contributed by atoms with Gasteiger partial charge in [-0.15, -0.1) is 0 Å². The van der Waals surface area contributed by atoms with Gasteiger partial charge < -0.3 is 19.5 Å². The van der Waals surface area contributed by atoms with Gasteiger partial charge in [0.15, 0.2) is 6.29 Å². The van der Waals surface area contributed by atoms with E-state index in [-0.39, 0.29) is 11.7 Å². The van der Waals surface area contributed by atoms with Crippen molar-refractivity contribution in [2.45, 2.75) is 37.4 Å². The molecule has 1 aromatic carbocycles. The minimum absolute atomic E-state index is 0.225. The Balaban J connectivity index is 1.94. The Morgan fingerprint density at radius 2 is 2.09 bits per heavy atom. The van der Waals surface area contributed by atoms with Gasteiger partial charge in [0.25, 0.3) is 0 Å². The van der Waals surface area contributed by atoms with Gasteiger partial charge in [-0.25, -0.2) is 4.79 Å². The summed E-state index contributed by atoms with van der Waals surface area (Å²) in [6.45, 7) is 1.72. The zero-order valence-corrected chi connectivity index (χ0v) is 13.0. The maximum absolute atomic E-state index is 11.3. The SMILES string of the molecule is CN(CC1(CC2OCCO2)CCCc2ccccc21)C(=O)O. The molecule has 22 heavy (non-hydrogen) atoms. The van der Waals surface area contributed by atoms with Crippen LogP contribution in [-0.2, 0) is 21.3 Å². The highest BCUT2D eigenvalue weighted by Gasteiger charge is 2.41. The highest BCUT2D eigenvalue weighted by molar-refractivity contribution is 5.64. The number of carboxylic acid groups (broad SMARTS) is 1. The molecule has 1 unspecified atom stereocenters. The molecule has 120 valence electrons. The summed E-state index contributed by atoms with van der Waals surface area (Å²) in [5.74, 6) is 0. The normalized spacial score (nSPS) is 25.0. The number of carbonyl (C=O) groups is 1. The molecular weight excluding hydrogens is 282 g/mol. The lowest BCUT2D eigenvalue weighted by Crippen LogP contribution is -2.45. The van der Waals surface area contributed by atoms with Gasteiger partial charge in [-0.05, 0) is 30.4 Å². The second-order valence-corrected chi connectivity index (χ2v) is 6.30. The fourth-order valence-electron chi connectivity index (χ4n) is 3.81. The molecule has 5 nitrogen and oxygen atoms in total.